The number of hydrogen-bond acceptors (Lipinski definition) is 8. The number of halogens is 6. The zero-order valence-electron chi connectivity index (χ0n) is 21.2. The zero-order valence-corrected chi connectivity index (χ0v) is 22.9. The van der Waals surface area contributed by atoms with E-state index in [2.05, 4.69) is 31.6 Å². The second kappa shape index (κ2) is 12.7. The number of thiophene rings is 1. The van der Waals surface area contributed by atoms with Crippen molar-refractivity contribution in [3.05, 3.63) is 40.7 Å². The lowest BCUT2D eigenvalue weighted by Gasteiger charge is -2.34. The quantitative estimate of drug-likeness (QED) is 0.495. The maximum Gasteiger partial charge on any atom is 0.490 e. The highest BCUT2D eigenvalue weighted by Gasteiger charge is 2.49. The maximum atomic E-state index is 13.4. The summed E-state index contributed by atoms with van der Waals surface area (Å²) in [5.74, 6) is -4.96. The Morgan fingerprint density at radius 3 is 2.02 bits per heavy atom. The molecule has 224 valence electrons. The molecule has 2 atom stereocenters. The molecule has 0 bridgehead atoms. The maximum absolute atomic E-state index is 13.4. The molecule has 0 saturated carbocycles. The van der Waals surface area contributed by atoms with Crippen LogP contribution in [0.15, 0.2) is 40.1 Å². The molecule has 1 fully saturated rings. The molecule has 0 spiro atoms. The molecular formula is C22H26F6N4O6S2. The summed E-state index contributed by atoms with van der Waals surface area (Å²) in [6.45, 7) is 6.32. The lowest BCUT2D eigenvalue weighted by atomic mass is 10.1. The monoisotopic (exact) mass is 620 g/mol. The van der Waals surface area contributed by atoms with Gasteiger partial charge in [-0.25, -0.2) is 23.0 Å². The van der Waals surface area contributed by atoms with Gasteiger partial charge in [0.05, 0.1) is 12.1 Å². The van der Waals surface area contributed by atoms with Gasteiger partial charge in [0, 0.05) is 38.9 Å². The molecule has 10 nitrogen and oxygen atoms in total. The summed E-state index contributed by atoms with van der Waals surface area (Å²) in [4.78, 5) is 26.9. The van der Waals surface area contributed by atoms with Crippen LogP contribution in [0.2, 0.25) is 0 Å². The summed E-state index contributed by atoms with van der Waals surface area (Å²) in [6.07, 6.45) is -8.50. The van der Waals surface area contributed by atoms with Crippen LogP contribution in [0.3, 0.4) is 0 Å². The third-order valence-corrected chi connectivity index (χ3v) is 8.63. The topological polar surface area (TPSA) is 131 Å². The van der Waals surface area contributed by atoms with E-state index in [0.717, 1.165) is 19.6 Å². The van der Waals surface area contributed by atoms with E-state index in [1.807, 2.05) is 20.9 Å². The van der Waals surface area contributed by atoms with Crippen molar-refractivity contribution in [1.82, 2.24) is 14.2 Å². The summed E-state index contributed by atoms with van der Waals surface area (Å²) >= 11 is 1.69. The molecule has 2 N–H and O–H groups in total. The molecule has 0 aromatic carbocycles. The highest BCUT2D eigenvalue weighted by Crippen LogP contribution is 2.37. The Morgan fingerprint density at radius 2 is 1.57 bits per heavy atom. The highest BCUT2D eigenvalue weighted by molar-refractivity contribution is 7.89. The van der Waals surface area contributed by atoms with Crippen LogP contribution in [0.4, 0.5) is 32.2 Å². The number of rotatable bonds is 3. The first-order chi connectivity index (χ1) is 18.3. The predicted molar refractivity (Wildman–Crippen MR) is 131 cm³/mol. The van der Waals surface area contributed by atoms with E-state index in [-0.39, 0.29) is 18.1 Å². The Balaban J connectivity index is 0.000000333. The van der Waals surface area contributed by atoms with Gasteiger partial charge in [-0.1, -0.05) is 0 Å². The van der Waals surface area contributed by atoms with Crippen LogP contribution in [0.5, 0.6) is 0 Å². The molecule has 1 saturated heterocycles. The second-order valence-corrected chi connectivity index (χ2v) is 11.5. The van der Waals surface area contributed by atoms with Gasteiger partial charge in [0.15, 0.2) is 0 Å². The van der Waals surface area contributed by atoms with Crippen LogP contribution in [0, 0.1) is 0 Å². The Labute approximate surface area is 229 Å². The largest absolute Gasteiger partial charge is 0.490 e. The minimum absolute atomic E-state index is 0.0851. The van der Waals surface area contributed by atoms with E-state index < -0.39 is 34.3 Å². The van der Waals surface area contributed by atoms with E-state index in [9.17, 15) is 34.8 Å². The SMILES string of the molecule is CC(C)N1C2CN(Cc3ccsc3)CC2N(C)c2ncccc2S1(=O)=O.O=C(O)C(F)(F)F.O=C(O)C(F)(F)F. The van der Waals surface area contributed by atoms with Crippen molar-refractivity contribution in [1.29, 1.82) is 0 Å². The highest BCUT2D eigenvalue weighted by atomic mass is 32.2. The number of carboxylic acids is 2. The molecule has 4 rings (SSSR count). The van der Waals surface area contributed by atoms with Gasteiger partial charge in [-0.05, 0) is 48.4 Å². The van der Waals surface area contributed by atoms with Crippen LogP contribution in [-0.2, 0) is 26.2 Å². The first-order valence-electron chi connectivity index (χ1n) is 11.3. The summed E-state index contributed by atoms with van der Waals surface area (Å²) in [5, 5.41) is 18.5. The van der Waals surface area contributed by atoms with Crippen molar-refractivity contribution in [2.75, 3.05) is 25.0 Å². The lowest BCUT2D eigenvalue weighted by Crippen LogP contribution is -2.52. The summed E-state index contributed by atoms with van der Waals surface area (Å²) < 4.78 is 92.0. The van der Waals surface area contributed by atoms with E-state index in [1.54, 1.807) is 34.0 Å². The van der Waals surface area contributed by atoms with E-state index in [4.69, 9.17) is 19.8 Å². The van der Waals surface area contributed by atoms with E-state index in [0.29, 0.717) is 10.7 Å². The number of carboxylic acid groups (broad SMARTS) is 2. The number of likely N-dealkylation sites (N-methyl/N-ethyl adjacent to an activating group) is 1. The average molecular weight is 621 g/mol. The van der Waals surface area contributed by atoms with Crippen LogP contribution in [0.1, 0.15) is 19.4 Å². The Hall–Kier alpha value is -2.96. The van der Waals surface area contributed by atoms with Crippen molar-refractivity contribution in [3.8, 4) is 0 Å². The van der Waals surface area contributed by atoms with Crippen molar-refractivity contribution >= 4 is 39.1 Å². The minimum atomic E-state index is -5.08. The molecule has 2 unspecified atom stereocenters. The second-order valence-electron chi connectivity index (χ2n) is 8.93. The molecule has 40 heavy (non-hydrogen) atoms. The molecule has 2 aliphatic rings. The number of alkyl halides is 6. The molecule has 0 radical (unpaired) electrons. The van der Waals surface area contributed by atoms with Gasteiger partial charge >= 0.3 is 24.3 Å². The standard InChI is InChI=1S/C18H24N4O2S2.2C2HF3O2/c1-13(2)22-16-11-21(9-14-6-8-25-12-14)10-15(16)20(3)18-17(26(22,23)24)5-4-7-19-18;2*3-2(4,5)1(6)7/h4-8,12-13,15-16H,9-11H2,1-3H3;2*(H,6,7). The first kappa shape index (κ1) is 33.2. The van der Waals surface area contributed by atoms with Crippen LogP contribution in [-0.4, -0.2) is 95.4 Å². The molecule has 2 aliphatic heterocycles. The number of fused-ring (bicyclic) bond motifs is 2. The summed E-state index contributed by atoms with van der Waals surface area (Å²) in [6, 6.07) is 5.41. The molecule has 4 heterocycles. The number of nitrogens with zero attached hydrogens (tertiary/aromatic N) is 4. The molecule has 0 aliphatic carbocycles. The summed E-state index contributed by atoms with van der Waals surface area (Å²) in [7, 11) is -1.62. The fourth-order valence-corrected chi connectivity index (χ4v) is 6.89. The van der Waals surface area contributed by atoms with E-state index >= 15 is 0 Å². The van der Waals surface area contributed by atoms with Gasteiger partial charge in [0.2, 0.25) is 10.0 Å². The molecule has 2 aromatic rings. The third kappa shape index (κ3) is 8.05. The van der Waals surface area contributed by atoms with Crippen LogP contribution >= 0.6 is 11.3 Å². The number of aromatic nitrogens is 1. The van der Waals surface area contributed by atoms with Gasteiger partial charge in [-0.2, -0.15) is 42.0 Å². The van der Waals surface area contributed by atoms with Crippen LogP contribution < -0.4 is 4.90 Å². The predicted octanol–water partition coefficient (Wildman–Crippen LogP) is 3.51. The fraction of sp³-hybridized carbons (Fsp3) is 0.500. The molecule has 0 amide bonds. The lowest BCUT2D eigenvalue weighted by molar-refractivity contribution is -0.193. The van der Waals surface area contributed by atoms with Gasteiger partial charge in [0.25, 0.3) is 0 Å². The van der Waals surface area contributed by atoms with Crippen LogP contribution in [0.25, 0.3) is 0 Å². The number of hydrogen-bond donors (Lipinski definition) is 2. The number of pyridine rings is 1. The van der Waals surface area contributed by atoms with Gasteiger partial charge in [-0.15, -0.1) is 0 Å². The van der Waals surface area contributed by atoms with Crippen molar-refractivity contribution in [2.45, 2.75) is 55.8 Å². The van der Waals surface area contributed by atoms with Gasteiger partial charge in [0.1, 0.15) is 10.7 Å². The zero-order chi connectivity index (χ0) is 30.6. The molecule has 2 aromatic heterocycles. The number of sulfonamides is 1. The fourth-order valence-electron chi connectivity index (χ4n) is 4.21. The first-order valence-corrected chi connectivity index (χ1v) is 13.7. The molecular weight excluding hydrogens is 594 g/mol. The van der Waals surface area contributed by atoms with Crippen molar-refractivity contribution in [3.63, 3.8) is 0 Å². The third-order valence-electron chi connectivity index (χ3n) is 5.78. The normalized spacial score (nSPS) is 20.8. The number of anilines is 1. The average Bonchev–Trinajstić information content (AvgIpc) is 3.47. The molecule has 18 heteroatoms. The van der Waals surface area contributed by atoms with Gasteiger partial charge in [-0.3, -0.25) is 4.90 Å². The van der Waals surface area contributed by atoms with E-state index in [1.165, 1.54) is 5.56 Å². The van der Waals surface area contributed by atoms with Gasteiger partial charge < -0.3 is 15.1 Å². The minimum Gasteiger partial charge on any atom is -0.475 e. The van der Waals surface area contributed by atoms with Crippen molar-refractivity contribution in [2.24, 2.45) is 0 Å². The van der Waals surface area contributed by atoms with Crippen molar-refractivity contribution < 1.29 is 54.6 Å². The summed E-state index contributed by atoms with van der Waals surface area (Å²) in [5.41, 5.74) is 1.28. The number of carbonyl (C=O) groups is 2. The Bertz CT molecular complexity index is 1250. The number of likely N-dealkylation sites (tertiary alicyclic amines) is 1. The Morgan fingerprint density at radius 1 is 1.05 bits per heavy atom. The number of aliphatic carboxylic acids is 2. The Kier molecular flexibility index (Phi) is 10.6. The smallest absolute Gasteiger partial charge is 0.475 e.